The van der Waals surface area contributed by atoms with Gasteiger partial charge >= 0.3 is 0 Å². The van der Waals surface area contributed by atoms with Gasteiger partial charge in [0.1, 0.15) is 0 Å². The minimum Gasteiger partial charge on any atom is -0.348 e. The molecule has 2 unspecified atom stereocenters. The van der Waals surface area contributed by atoms with Crippen LogP contribution in [0.4, 0.5) is 0 Å². The fraction of sp³-hybridized carbons (Fsp3) is 0.312. The van der Waals surface area contributed by atoms with Crippen LogP contribution in [0, 0.1) is 5.92 Å². The molecule has 1 heterocycles. The Bertz CT molecular complexity index is 660. The molecule has 1 saturated carbocycles. The van der Waals surface area contributed by atoms with E-state index in [0.717, 1.165) is 23.4 Å². The van der Waals surface area contributed by atoms with Gasteiger partial charge in [-0.25, -0.2) is 0 Å². The van der Waals surface area contributed by atoms with E-state index in [9.17, 15) is 4.79 Å². The monoisotopic (exact) mass is 283 g/mol. The molecule has 1 aliphatic rings. The van der Waals surface area contributed by atoms with Crippen LogP contribution in [0.5, 0.6) is 0 Å². The standard InChI is InChI=1S/C16H17N3O2/c1-3-14(20)17-9-11-4-6-12(7-5-11)16-18-15(19-21-16)13-8-10(13)2/h3-7,10,13H,1,8-9H2,2H3,(H,17,20). The Morgan fingerprint density at radius 2 is 2.19 bits per heavy atom. The topological polar surface area (TPSA) is 68.0 Å². The van der Waals surface area contributed by atoms with E-state index < -0.39 is 0 Å². The van der Waals surface area contributed by atoms with Crippen LogP contribution in [-0.2, 0) is 11.3 Å². The lowest BCUT2D eigenvalue weighted by molar-refractivity contribution is -0.116. The van der Waals surface area contributed by atoms with Gasteiger partial charge in [-0.2, -0.15) is 4.98 Å². The van der Waals surface area contributed by atoms with Crippen LogP contribution >= 0.6 is 0 Å². The van der Waals surface area contributed by atoms with Gasteiger partial charge in [0.05, 0.1) is 0 Å². The van der Waals surface area contributed by atoms with Gasteiger partial charge in [0.15, 0.2) is 5.82 Å². The highest BCUT2D eigenvalue weighted by molar-refractivity contribution is 5.86. The summed E-state index contributed by atoms with van der Waals surface area (Å²) in [4.78, 5) is 15.6. The first-order valence-electron chi connectivity index (χ1n) is 7.00. The van der Waals surface area contributed by atoms with Crippen molar-refractivity contribution in [3.63, 3.8) is 0 Å². The number of carbonyl (C=O) groups excluding carboxylic acids is 1. The Morgan fingerprint density at radius 1 is 1.48 bits per heavy atom. The molecule has 0 saturated heterocycles. The van der Waals surface area contributed by atoms with Crippen LogP contribution in [0.2, 0.25) is 0 Å². The van der Waals surface area contributed by atoms with Crippen LogP contribution in [-0.4, -0.2) is 16.0 Å². The number of nitrogens with one attached hydrogen (secondary N) is 1. The fourth-order valence-electron chi connectivity index (χ4n) is 2.21. The number of hydrogen-bond acceptors (Lipinski definition) is 4. The highest BCUT2D eigenvalue weighted by Crippen LogP contribution is 2.45. The zero-order valence-electron chi connectivity index (χ0n) is 11.9. The molecule has 1 aromatic heterocycles. The predicted octanol–water partition coefficient (Wildman–Crippen LogP) is 2.66. The SMILES string of the molecule is C=CC(=O)NCc1ccc(-c2nc(C3CC3C)no2)cc1. The largest absolute Gasteiger partial charge is 0.348 e. The molecule has 21 heavy (non-hydrogen) atoms. The van der Waals surface area contributed by atoms with Crippen molar-refractivity contribution in [2.45, 2.75) is 25.8 Å². The van der Waals surface area contributed by atoms with Gasteiger partial charge in [0.2, 0.25) is 5.91 Å². The molecule has 0 radical (unpaired) electrons. The van der Waals surface area contributed by atoms with Crippen molar-refractivity contribution in [3.05, 3.63) is 48.3 Å². The summed E-state index contributed by atoms with van der Waals surface area (Å²) in [5.74, 6) is 2.28. The molecule has 5 nitrogen and oxygen atoms in total. The zero-order valence-corrected chi connectivity index (χ0v) is 11.9. The van der Waals surface area contributed by atoms with Gasteiger partial charge < -0.3 is 9.84 Å². The third kappa shape index (κ3) is 3.02. The first-order chi connectivity index (χ1) is 10.2. The first kappa shape index (κ1) is 13.5. The summed E-state index contributed by atoms with van der Waals surface area (Å²) in [6.45, 7) is 6.07. The van der Waals surface area contributed by atoms with E-state index in [1.807, 2.05) is 24.3 Å². The average molecular weight is 283 g/mol. The highest BCUT2D eigenvalue weighted by Gasteiger charge is 2.38. The third-order valence-electron chi connectivity index (χ3n) is 3.74. The van der Waals surface area contributed by atoms with Crippen LogP contribution in [0.3, 0.4) is 0 Å². The molecular formula is C16H17N3O2. The molecule has 5 heteroatoms. The molecule has 2 atom stereocenters. The molecule has 1 aliphatic carbocycles. The third-order valence-corrected chi connectivity index (χ3v) is 3.74. The van der Waals surface area contributed by atoms with Gasteiger partial charge in [-0.15, -0.1) is 0 Å². The van der Waals surface area contributed by atoms with E-state index >= 15 is 0 Å². The molecule has 1 amide bonds. The Morgan fingerprint density at radius 3 is 2.81 bits per heavy atom. The minimum atomic E-state index is -0.181. The van der Waals surface area contributed by atoms with Crippen molar-refractivity contribution < 1.29 is 9.32 Å². The predicted molar refractivity (Wildman–Crippen MR) is 78.3 cm³/mol. The number of hydrogen-bond donors (Lipinski definition) is 1. The van der Waals surface area contributed by atoms with Crippen molar-refractivity contribution in [3.8, 4) is 11.5 Å². The lowest BCUT2D eigenvalue weighted by Gasteiger charge is -2.02. The van der Waals surface area contributed by atoms with E-state index in [2.05, 4.69) is 29.0 Å². The maximum absolute atomic E-state index is 11.1. The summed E-state index contributed by atoms with van der Waals surface area (Å²) >= 11 is 0. The highest BCUT2D eigenvalue weighted by atomic mass is 16.5. The summed E-state index contributed by atoms with van der Waals surface area (Å²) in [7, 11) is 0. The summed E-state index contributed by atoms with van der Waals surface area (Å²) in [5.41, 5.74) is 1.89. The van der Waals surface area contributed by atoms with Crippen molar-refractivity contribution in [1.29, 1.82) is 0 Å². The van der Waals surface area contributed by atoms with Crippen molar-refractivity contribution in [2.75, 3.05) is 0 Å². The molecule has 1 fully saturated rings. The lowest BCUT2D eigenvalue weighted by Crippen LogP contribution is -2.19. The smallest absolute Gasteiger partial charge is 0.257 e. The Labute approximate surface area is 123 Å². The van der Waals surface area contributed by atoms with Crippen LogP contribution < -0.4 is 5.32 Å². The summed E-state index contributed by atoms with van der Waals surface area (Å²) in [6, 6.07) is 7.71. The summed E-state index contributed by atoms with van der Waals surface area (Å²) in [5, 5.41) is 6.78. The maximum atomic E-state index is 11.1. The molecule has 0 aliphatic heterocycles. The fourth-order valence-corrected chi connectivity index (χ4v) is 2.21. The van der Waals surface area contributed by atoms with Crippen molar-refractivity contribution in [2.24, 2.45) is 5.92 Å². The molecule has 3 rings (SSSR count). The number of nitrogens with zero attached hydrogens (tertiary/aromatic N) is 2. The second-order valence-electron chi connectivity index (χ2n) is 5.40. The lowest BCUT2D eigenvalue weighted by atomic mass is 10.1. The van der Waals surface area contributed by atoms with Gasteiger partial charge in [0.25, 0.3) is 5.89 Å². The molecule has 0 bridgehead atoms. The molecule has 1 aromatic carbocycles. The Kier molecular flexibility index (Phi) is 3.56. The minimum absolute atomic E-state index is 0.181. The van der Waals surface area contributed by atoms with E-state index in [1.165, 1.54) is 6.08 Å². The van der Waals surface area contributed by atoms with E-state index in [4.69, 9.17) is 4.52 Å². The summed E-state index contributed by atoms with van der Waals surface area (Å²) < 4.78 is 5.31. The number of carbonyl (C=O) groups is 1. The van der Waals surface area contributed by atoms with Crippen molar-refractivity contribution in [1.82, 2.24) is 15.5 Å². The van der Waals surface area contributed by atoms with Crippen LogP contribution in [0.25, 0.3) is 11.5 Å². The Balaban J connectivity index is 1.67. The summed E-state index contributed by atoms with van der Waals surface area (Å²) in [6.07, 6.45) is 2.40. The van der Waals surface area contributed by atoms with E-state index in [-0.39, 0.29) is 5.91 Å². The zero-order chi connectivity index (χ0) is 14.8. The van der Waals surface area contributed by atoms with Crippen LogP contribution in [0.1, 0.15) is 30.7 Å². The molecule has 0 spiro atoms. The van der Waals surface area contributed by atoms with Crippen LogP contribution in [0.15, 0.2) is 41.4 Å². The second-order valence-corrected chi connectivity index (χ2v) is 5.40. The van der Waals surface area contributed by atoms with Gasteiger partial charge in [-0.3, -0.25) is 4.79 Å². The Hall–Kier alpha value is -2.43. The number of aromatic nitrogens is 2. The molecule has 1 N–H and O–H groups in total. The number of rotatable bonds is 5. The second kappa shape index (κ2) is 5.52. The number of amides is 1. The van der Waals surface area contributed by atoms with Gasteiger partial charge in [-0.1, -0.05) is 30.8 Å². The van der Waals surface area contributed by atoms with Crippen molar-refractivity contribution >= 4 is 5.91 Å². The first-order valence-corrected chi connectivity index (χ1v) is 7.00. The number of benzene rings is 1. The maximum Gasteiger partial charge on any atom is 0.257 e. The molecule has 108 valence electrons. The van der Waals surface area contributed by atoms with E-state index in [1.54, 1.807) is 0 Å². The quantitative estimate of drug-likeness (QED) is 0.857. The normalized spacial score (nSPS) is 20.0. The molecule has 2 aromatic rings. The molecular weight excluding hydrogens is 266 g/mol. The van der Waals surface area contributed by atoms with Gasteiger partial charge in [-0.05, 0) is 36.1 Å². The van der Waals surface area contributed by atoms with E-state index in [0.29, 0.717) is 24.3 Å². The van der Waals surface area contributed by atoms with Gasteiger partial charge in [0, 0.05) is 18.0 Å². The average Bonchev–Trinajstić information content (AvgIpc) is 3.04.